The summed E-state index contributed by atoms with van der Waals surface area (Å²) in [5.41, 5.74) is 0.195. The van der Waals surface area contributed by atoms with Crippen molar-refractivity contribution in [1.82, 2.24) is 9.71 Å². The lowest BCUT2D eigenvalue weighted by Gasteiger charge is -2.16. The molecule has 1 aromatic carbocycles. The van der Waals surface area contributed by atoms with E-state index >= 15 is 0 Å². The topological polar surface area (TPSA) is 90.7 Å². The van der Waals surface area contributed by atoms with Gasteiger partial charge in [-0.25, -0.2) is 13.7 Å². The van der Waals surface area contributed by atoms with Crippen LogP contribution in [0.15, 0.2) is 46.0 Å². The molecule has 28 heavy (non-hydrogen) atoms. The number of carbonyl (C=O) groups excluding carboxylic acids is 1. The summed E-state index contributed by atoms with van der Waals surface area (Å²) in [7, 11) is -0.379. The predicted molar refractivity (Wildman–Crippen MR) is 106 cm³/mol. The lowest BCUT2D eigenvalue weighted by Crippen LogP contribution is -2.34. The quantitative estimate of drug-likeness (QED) is 0.610. The van der Waals surface area contributed by atoms with E-state index in [1.165, 1.54) is 7.11 Å². The molecule has 148 valence electrons. The molecule has 1 N–H and O–H groups in total. The predicted octanol–water partition coefficient (Wildman–Crippen LogP) is 3.31. The molecule has 0 spiro atoms. The summed E-state index contributed by atoms with van der Waals surface area (Å²) in [6, 6.07) is 7.38. The Morgan fingerprint density at radius 1 is 1.29 bits per heavy atom. The van der Waals surface area contributed by atoms with Gasteiger partial charge in [0.2, 0.25) is 0 Å². The highest BCUT2D eigenvalue weighted by atomic mass is 32.2. The summed E-state index contributed by atoms with van der Waals surface area (Å²) >= 11 is 0. The first-order valence-electron chi connectivity index (χ1n) is 8.74. The van der Waals surface area contributed by atoms with E-state index < -0.39 is 17.0 Å². The molecule has 3 rings (SSSR count). The standard InChI is InChI=1S/C20H22N2O5S/c1-12(11-26-17-7-5-6-15-10-21-9-8-16(15)17)22-28(24)19-14(3)27-13(2)18(19)20(23)25-4/h5-10,12,22H,11H2,1-4H3. The number of nitrogens with zero attached hydrogens (tertiary/aromatic N) is 1. The molecule has 0 radical (unpaired) electrons. The van der Waals surface area contributed by atoms with Crippen molar-refractivity contribution in [3.05, 3.63) is 53.7 Å². The van der Waals surface area contributed by atoms with Gasteiger partial charge in [-0.1, -0.05) is 12.1 Å². The van der Waals surface area contributed by atoms with Crippen LogP contribution in [0.5, 0.6) is 5.75 Å². The number of esters is 1. The average Bonchev–Trinajstić information content (AvgIpc) is 2.99. The highest BCUT2D eigenvalue weighted by Crippen LogP contribution is 2.26. The first kappa shape index (κ1) is 20.0. The van der Waals surface area contributed by atoms with Crippen molar-refractivity contribution in [2.75, 3.05) is 13.7 Å². The van der Waals surface area contributed by atoms with Crippen molar-refractivity contribution < 1.29 is 22.9 Å². The van der Waals surface area contributed by atoms with Crippen LogP contribution < -0.4 is 9.46 Å². The Labute approximate surface area is 165 Å². The molecular formula is C20H22N2O5S. The summed E-state index contributed by atoms with van der Waals surface area (Å²) in [5, 5.41) is 1.94. The minimum absolute atomic E-state index is 0.195. The largest absolute Gasteiger partial charge is 0.491 e. The molecule has 8 heteroatoms. The monoisotopic (exact) mass is 402 g/mol. The van der Waals surface area contributed by atoms with E-state index in [0.717, 1.165) is 16.5 Å². The average molecular weight is 402 g/mol. The summed E-state index contributed by atoms with van der Waals surface area (Å²) in [4.78, 5) is 16.4. The maximum Gasteiger partial charge on any atom is 0.342 e. The molecule has 2 unspecified atom stereocenters. The van der Waals surface area contributed by atoms with Gasteiger partial charge in [-0.05, 0) is 32.9 Å². The van der Waals surface area contributed by atoms with E-state index in [1.807, 2.05) is 31.2 Å². The summed E-state index contributed by atoms with van der Waals surface area (Å²) in [6.45, 7) is 5.45. The van der Waals surface area contributed by atoms with Crippen LogP contribution in [-0.2, 0) is 15.7 Å². The number of hydrogen-bond acceptors (Lipinski definition) is 6. The molecule has 0 amide bonds. The fraction of sp³-hybridized carbons (Fsp3) is 0.300. The molecule has 2 heterocycles. The van der Waals surface area contributed by atoms with Crippen LogP contribution in [0, 0.1) is 13.8 Å². The van der Waals surface area contributed by atoms with E-state index in [-0.39, 0.29) is 18.2 Å². The smallest absolute Gasteiger partial charge is 0.342 e. The van der Waals surface area contributed by atoms with Crippen LogP contribution in [0.25, 0.3) is 10.8 Å². The number of rotatable bonds is 7. The minimum Gasteiger partial charge on any atom is -0.491 e. The highest BCUT2D eigenvalue weighted by molar-refractivity contribution is 7.83. The van der Waals surface area contributed by atoms with Crippen molar-refractivity contribution in [2.24, 2.45) is 0 Å². The van der Waals surface area contributed by atoms with Gasteiger partial charge in [0.25, 0.3) is 0 Å². The van der Waals surface area contributed by atoms with Gasteiger partial charge in [0.1, 0.15) is 45.3 Å². The second kappa shape index (κ2) is 8.53. The molecule has 0 aliphatic carbocycles. The number of pyridine rings is 1. The third-order valence-corrected chi connectivity index (χ3v) is 5.70. The Balaban J connectivity index is 1.71. The Morgan fingerprint density at radius 3 is 2.82 bits per heavy atom. The first-order chi connectivity index (χ1) is 13.4. The lowest BCUT2D eigenvalue weighted by atomic mass is 10.1. The molecule has 0 saturated carbocycles. The number of hydrogen-bond donors (Lipinski definition) is 1. The Bertz CT molecular complexity index is 1030. The summed E-state index contributed by atoms with van der Waals surface area (Å²) in [5.74, 6) is 0.943. The molecule has 0 aliphatic rings. The van der Waals surface area contributed by atoms with Crippen molar-refractivity contribution in [3.63, 3.8) is 0 Å². The van der Waals surface area contributed by atoms with Gasteiger partial charge < -0.3 is 13.9 Å². The fourth-order valence-corrected chi connectivity index (χ4v) is 4.20. The molecule has 3 aromatic rings. The van der Waals surface area contributed by atoms with Crippen molar-refractivity contribution in [2.45, 2.75) is 31.7 Å². The normalized spacial score (nSPS) is 13.3. The zero-order valence-electron chi connectivity index (χ0n) is 16.1. The molecule has 2 atom stereocenters. The maximum atomic E-state index is 12.8. The lowest BCUT2D eigenvalue weighted by molar-refractivity contribution is 0.0595. The van der Waals surface area contributed by atoms with Gasteiger partial charge in [0.15, 0.2) is 0 Å². The minimum atomic E-state index is -1.66. The Kier molecular flexibility index (Phi) is 6.11. The summed E-state index contributed by atoms with van der Waals surface area (Å²) in [6.07, 6.45) is 3.49. The fourth-order valence-electron chi connectivity index (χ4n) is 2.93. The van der Waals surface area contributed by atoms with Gasteiger partial charge in [-0.15, -0.1) is 0 Å². The molecule has 0 saturated heterocycles. The maximum absolute atomic E-state index is 12.8. The van der Waals surface area contributed by atoms with Crippen LogP contribution >= 0.6 is 0 Å². The third kappa shape index (κ3) is 4.07. The van der Waals surface area contributed by atoms with E-state index in [9.17, 15) is 9.00 Å². The Hall–Kier alpha value is -2.71. The van der Waals surface area contributed by atoms with Crippen LogP contribution in [0.1, 0.15) is 28.8 Å². The van der Waals surface area contributed by atoms with Crippen molar-refractivity contribution in [3.8, 4) is 5.75 Å². The summed E-state index contributed by atoms with van der Waals surface area (Å²) < 4.78 is 31.9. The zero-order chi connectivity index (χ0) is 20.3. The van der Waals surface area contributed by atoms with Crippen LogP contribution in [-0.4, -0.2) is 34.9 Å². The number of nitrogens with one attached hydrogen (secondary N) is 1. The van der Waals surface area contributed by atoms with Gasteiger partial charge in [0, 0.05) is 23.2 Å². The number of furan rings is 1. The van der Waals surface area contributed by atoms with E-state index in [4.69, 9.17) is 13.9 Å². The molecule has 2 aromatic heterocycles. The van der Waals surface area contributed by atoms with Gasteiger partial charge in [-0.2, -0.15) is 0 Å². The van der Waals surface area contributed by atoms with E-state index in [2.05, 4.69) is 9.71 Å². The first-order valence-corrected chi connectivity index (χ1v) is 9.89. The molecule has 0 bridgehead atoms. The second-order valence-corrected chi connectivity index (χ2v) is 7.54. The van der Waals surface area contributed by atoms with Crippen LogP contribution in [0.3, 0.4) is 0 Å². The van der Waals surface area contributed by atoms with Crippen LogP contribution in [0.2, 0.25) is 0 Å². The van der Waals surface area contributed by atoms with Crippen molar-refractivity contribution >= 4 is 27.7 Å². The molecule has 7 nitrogen and oxygen atoms in total. The van der Waals surface area contributed by atoms with Crippen molar-refractivity contribution in [1.29, 1.82) is 0 Å². The molecular weight excluding hydrogens is 380 g/mol. The Morgan fingerprint density at radius 2 is 2.07 bits per heavy atom. The number of carbonyl (C=O) groups is 1. The number of aromatic nitrogens is 1. The number of aryl methyl sites for hydroxylation is 2. The number of fused-ring (bicyclic) bond motifs is 1. The molecule has 0 fully saturated rings. The highest BCUT2D eigenvalue weighted by Gasteiger charge is 2.27. The number of benzene rings is 1. The number of ether oxygens (including phenoxy) is 2. The third-order valence-electron chi connectivity index (χ3n) is 4.22. The van der Waals surface area contributed by atoms with Crippen LogP contribution in [0.4, 0.5) is 0 Å². The van der Waals surface area contributed by atoms with Gasteiger partial charge in [-0.3, -0.25) is 4.98 Å². The zero-order valence-corrected chi connectivity index (χ0v) is 17.0. The van der Waals surface area contributed by atoms with Gasteiger partial charge in [0.05, 0.1) is 13.2 Å². The molecule has 0 aliphatic heterocycles. The van der Waals surface area contributed by atoms with E-state index in [0.29, 0.717) is 16.4 Å². The second-order valence-electron chi connectivity index (χ2n) is 6.36. The SMILES string of the molecule is COC(=O)c1c(C)oc(C)c1S(=O)NC(C)COc1cccc2cnccc12. The van der Waals surface area contributed by atoms with E-state index in [1.54, 1.807) is 26.2 Å². The van der Waals surface area contributed by atoms with Gasteiger partial charge >= 0.3 is 5.97 Å². The number of methoxy groups -OCH3 is 1.